The fraction of sp³-hybridized carbons (Fsp3) is 0.269. The first-order valence-electron chi connectivity index (χ1n) is 11.5. The van der Waals surface area contributed by atoms with Gasteiger partial charge in [0.1, 0.15) is 5.82 Å². The Labute approximate surface area is 204 Å². The molecular formula is C26H30N6O3. The Morgan fingerprint density at radius 1 is 1.06 bits per heavy atom. The zero-order chi connectivity index (χ0) is 24.8. The Kier molecular flexibility index (Phi) is 7.47. The van der Waals surface area contributed by atoms with Gasteiger partial charge in [-0.3, -0.25) is 9.59 Å². The smallest absolute Gasteiger partial charge is 0.252 e. The highest BCUT2D eigenvalue weighted by Crippen LogP contribution is 2.27. The number of piperazine rings is 1. The molecule has 2 heterocycles. The SMILES string of the molecule is CC(=O)N1CCN(c2ccc(Nc3cc(NC(CO)c4ccccc4)c(C(N)=O)cn3)cc2)CC1. The molecule has 35 heavy (non-hydrogen) atoms. The summed E-state index contributed by atoms with van der Waals surface area (Å²) in [4.78, 5) is 32.0. The number of pyridine rings is 1. The van der Waals surface area contributed by atoms with Crippen LogP contribution in [0.2, 0.25) is 0 Å². The topological polar surface area (TPSA) is 124 Å². The molecule has 9 heteroatoms. The average molecular weight is 475 g/mol. The number of aliphatic hydroxyl groups excluding tert-OH is 1. The number of hydrogen-bond donors (Lipinski definition) is 4. The van der Waals surface area contributed by atoms with Crippen LogP contribution in [0.25, 0.3) is 0 Å². The van der Waals surface area contributed by atoms with Crippen LogP contribution in [0.3, 0.4) is 0 Å². The second-order valence-corrected chi connectivity index (χ2v) is 8.43. The summed E-state index contributed by atoms with van der Waals surface area (Å²) in [5.41, 5.74) is 9.09. The normalized spacial score (nSPS) is 14.3. The minimum Gasteiger partial charge on any atom is -0.394 e. The third-order valence-electron chi connectivity index (χ3n) is 6.11. The molecule has 0 saturated carbocycles. The van der Waals surface area contributed by atoms with Crippen molar-refractivity contribution in [1.82, 2.24) is 9.88 Å². The quantitative estimate of drug-likeness (QED) is 0.396. The van der Waals surface area contributed by atoms with Gasteiger partial charge in [-0.05, 0) is 29.8 Å². The van der Waals surface area contributed by atoms with Crippen LogP contribution < -0.4 is 21.3 Å². The first-order valence-corrected chi connectivity index (χ1v) is 11.5. The standard InChI is InChI=1S/C26H30N6O3/c1-18(34)31-11-13-32(14-12-31)21-9-7-20(8-10-21)29-25-15-23(22(16-28-25)26(27)35)30-24(17-33)19-5-3-2-4-6-19/h2-10,15-16,24,33H,11-14,17H2,1H3,(H2,27,35)(H2,28,29,30). The number of hydrogen-bond acceptors (Lipinski definition) is 7. The molecule has 2 amide bonds. The van der Waals surface area contributed by atoms with Crippen molar-refractivity contribution in [3.05, 3.63) is 78.0 Å². The first kappa shape index (κ1) is 24.0. The summed E-state index contributed by atoms with van der Waals surface area (Å²) in [6.07, 6.45) is 1.43. The van der Waals surface area contributed by atoms with Gasteiger partial charge in [0.15, 0.2) is 0 Å². The maximum absolute atomic E-state index is 12.0. The Morgan fingerprint density at radius 3 is 2.34 bits per heavy atom. The summed E-state index contributed by atoms with van der Waals surface area (Å²) in [6.45, 7) is 4.48. The monoisotopic (exact) mass is 474 g/mol. The molecule has 3 aromatic rings. The lowest BCUT2D eigenvalue weighted by Crippen LogP contribution is -2.48. The molecule has 182 valence electrons. The van der Waals surface area contributed by atoms with Crippen LogP contribution in [0, 0.1) is 0 Å². The lowest BCUT2D eigenvalue weighted by Gasteiger charge is -2.35. The lowest BCUT2D eigenvalue weighted by molar-refractivity contribution is -0.129. The Bertz CT molecular complexity index is 1160. The van der Waals surface area contributed by atoms with Gasteiger partial charge in [-0.25, -0.2) is 4.98 Å². The van der Waals surface area contributed by atoms with Gasteiger partial charge in [0.25, 0.3) is 5.91 Å². The maximum Gasteiger partial charge on any atom is 0.252 e. The van der Waals surface area contributed by atoms with E-state index in [1.807, 2.05) is 59.5 Å². The van der Waals surface area contributed by atoms with Crippen molar-refractivity contribution in [2.45, 2.75) is 13.0 Å². The maximum atomic E-state index is 12.0. The number of nitrogens with zero attached hydrogens (tertiary/aromatic N) is 3. The molecule has 9 nitrogen and oxygen atoms in total. The van der Waals surface area contributed by atoms with Crippen LogP contribution in [-0.2, 0) is 4.79 Å². The zero-order valence-corrected chi connectivity index (χ0v) is 19.6. The number of nitrogens with two attached hydrogens (primary N) is 1. The van der Waals surface area contributed by atoms with Crippen molar-refractivity contribution >= 4 is 34.7 Å². The van der Waals surface area contributed by atoms with Gasteiger partial charge in [0, 0.05) is 56.7 Å². The van der Waals surface area contributed by atoms with E-state index in [9.17, 15) is 14.7 Å². The van der Waals surface area contributed by atoms with E-state index in [2.05, 4.69) is 20.5 Å². The molecule has 1 aliphatic rings. The fourth-order valence-corrected chi connectivity index (χ4v) is 4.13. The summed E-state index contributed by atoms with van der Waals surface area (Å²) in [5.74, 6) is 0.0394. The van der Waals surface area contributed by atoms with Crippen molar-refractivity contribution in [3.8, 4) is 0 Å². The second kappa shape index (κ2) is 10.9. The minimum atomic E-state index is -0.606. The van der Waals surface area contributed by atoms with Crippen molar-refractivity contribution in [2.24, 2.45) is 5.73 Å². The van der Waals surface area contributed by atoms with E-state index in [0.717, 1.165) is 43.1 Å². The molecule has 2 aromatic carbocycles. The van der Waals surface area contributed by atoms with Gasteiger partial charge < -0.3 is 31.3 Å². The molecule has 5 N–H and O–H groups in total. The molecule has 0 spiro atoms. The van der Waals surface area contributed by atoms with Gasteiger partial charge in [-0.1, -0.05) is 30.3 Å². The largest absolute Gasteiger partial charge is 0.394 e. The van der Waals surface area contributed by atoms with E-state index in [-0.39, 0.29) is 18.1 Å². The number of carbonyl (C=O) groups is 2. The number of aromatic nitrogens is 1. The number of amides is 2. The molecule has 1 fully saturated rings. The molecule has 0 radical (unpaired) electrons. The van der Waals surface area contributed by atoms with E-state index < -0.39 is 11.9 Å². The number of aliphatic hydroxyl groups is 1. The minimum absolute atomic E-state index is 0.113. The number of benzene rings is 2. The van der Waals surface area contributed by atoms with Crippen LogP contribution in [0.1, 0.15) is 28.9 Å². The lowest BCUT2D eigenvalue weighted by atomic mass is 10.1. The summed E-state index contributed by atoms with van der Waals surface area (Å²) in [6, 6.07) is 18.8. The molecule has 1 atom stereocenters. The van der Waals surface area contributed by atoms with Crippen molar-refractivity contribution in [3.63, 3.8) is 0 Å². The van der Waals surface area contributed by atoms with E-state index in [1.165, 1.54) is 6.20 Å². The van der Waals surface area contributed by atoms with E-state index >= 15 is 0 Å². The Morgan fingerprint density at radius 2 is 1.74 bits per heavy atom. The van der Waals surface area contributed by atoms with Crippen LogP contribution in [0.5, 0.6) is 0 Å². The number of primary amides is 1. The molecule has 4 rings (SSSR count). The van der Waals surface area contributed by atoms with Gasteiger partial charge in [-0.2, -0.15) is 0 Å². The summed E-state index contributed by atoms with van der Waals surface area (Å²) < 4.78 is 0. The molecular weight excluding hydrogens is 444 g/mol. The van der Waals surface area contributed by atoms with E-state index in [0.29, 0.717) is 11.5 Å². The van der Waals surface area contributed by atoms with Gasteiger partial charge >= 0.3 is 0 Å². The molecule has 1 aromatic heterocycles. The van der Waals surface area contributed by atoms with Gasteiger partial charge in [-0.15, -0.1) is 0 Å². The zero-order valence-electron chi connectivity index (χ0n) is 19.6. The van der Waals surface area contributed by atoms with Crippen molar-refractivity contribution in [1.29, 1.82) is 0 Å². The third kappa shape index (κ3) is 5.88. The molecule has 1 aliphatic heterocycles. The number of nitrogens with one attached hydrogen (secondary N) is 2. The third-order valence-corrected chi connectivity index (χ3v) is 6.11. The van der Waals surface area contributed by atoms with E-state index in [1.54, 1.807) is 13.0 Å². The summed E-state index contributed by atoms with van der Waals surface area (Å²) in [7, 11) is 0. The molecule has 1 saturated heterocycles. The second-order valence-electron chi connectivity index (χ2n) is 8.43. The first-order chi connectivity index (χ1) is 16.9. The van der Waals surface area contributed by atoms with Crippen molar-refractivity contribution < 1.29 is 14.7 Å². The van der Waals surface area contributed by atoms with E-state index in [4.69, 9.17) is 5.73 Å². The Hall–Kier alpha value is -4.11. The summed E-state index contributed by atoms with van der Waals surface area (Å²) >= 11 is 0. The van der Waals surface area contributed by atoms with Crippen LogP contribution in [0.15, 0.2) is 66.9 Å². The average Bonchev–Trinajstić information content (AvgIpc) is 2.88. The molecule has 1 unspecified atom stereocenters. The number of anilines is 4. The number of carbonyl (C=O) groups excluding carboxylic acids is 2. The predicted octanol–water partition coefficient (Wildman–Crippen LogP) is 2.74. The highest BCUT2D eigenvalue weighted by molar-refractivity contribution is 5.98. The fourth-order valence-electron chi connectivity index (χ4n) is 4.13. The number of rotatable bonds is 8. The van der Waals surface area contributed by atoms with Crippen LogP contribution >= 0.6 is 0 Å². The predicted molar refractivity (Wildman–Crippen MR) is 137 cm³/mol. The molecule has 0 bridgehead atoms. The highest BCUT2D eigenvalue weighted by Gasteiger charge is 2.19. The molecule has 0 aliphatic carbocycles. The van der Waals surface area contributed by atoms with Gasteiger partial charge in [0.05, 0.1) is 23.9 Å². The Balaban J connectivity index is 1.47. The van der Waals surface area contributed by atoms with Gasteiger partial charge in [0.2, 0.25) is 5.91 Å². The highest BCUT2D eigenvalue weighted by atomic mass is 16.3. The van der Waals surface area contributed by atoms with Crippen LogP contribution in [0.4, 0.5) is 22.9 Å². The van der Waals surface area contributed by atoms with Crippen molar-refractivity contribution in [2.75, 3.05) is 48.3 Å². The summed E-state index contributed by atoms with van der Waals surface area (Å²) in [5, 5.41) is 16.4. The van der Waals surface area contributed by atoms with Crippen LogP contribution in [-0.4, -0.2) is 59.6 Å².